The number of aryl methyl sites for hydroxylation is 2. The third kappa shape index (κ3) is 3.03. The summed E-state index contributed by atoms with van der Waals surface area (Å²) in [7, 11) is 0. The average Bonchev–Trinajstić information content (AvgIpc) is 3.04. The second-order valence-corrected chi connectivity index (χ2v) is 6.66. The number of hydrogen-bond donors (Lipinski definition) is 1. The van der Waals surface area contributed by atoms with Crippen molar-refractivity contribution >= 4 is 11.5 Å². The summed E-state index contributed by atoms with van der Waals surface area (Å²) >= 11 is 0. The quantitative estimate of drug-likeness (QED) is 0.944. The van der Waals surface area contributed by atoms with Gasteiger partial charge in [0.05, 0.1) is 0 Å². The van der Waals surface area contributed by atoms with Crippen LogP contribution in [0.25, 0.3) is 0 Å². The molecule has 1 unspecified atom stereocenters. The molecular weight excluding hydrogens is 284 g/mol. The highest BCUT2D eigenvalue weighted by Gasteiger charge is 2.25. The Balaban J connectivity index is 1.50. The zero-order valence-electron chi connectivity index (χ0n) is 13.8. The minimum atomic E-state index is 0.468. The molecule has 1 saturated heterocycles. The minimum Gasteiger partial charge on any atom is -0.369 e. The van der Waals surface area contributed by atoms with E-state index in [2.05, 4.69) is 45.5 Å². The second kappa shape index (κ2) is 6.19. The van der Waals surface area contributed by atoms with Crippen LogP contribution in [0.5, 0.6) is 0 Å². The topological polar surface area (TPSA) is 41.1 Å². The first-order chi connectivity index (χ1) is 11.3. The van der Waals surface area contributed by atoms with Crippen molar-refractivity contribution in [1.82, 2.24) is 9.97 Å². The summed E-state index contributed by atoms with van der Waals surface area (Å²) in [6, 6.07) is 11.2. The van der Waals surface area contributed by atoms with Crippen LogP contribution in [0.4, 0.5) is 11.5 Å². The Labute approximate surface area is 138 Å². The molecule has 23 heavy (non-hydrogen) atoms. The first-order valence-electron chi connectivity index (χ1n) is 8.72. The number of benzene rings is 1. The van der Waals surface area contributed by atoms with Gasteiger partial charge in [-0.2, -0.15) is 0 Å². The number of para-hydroxylation sites is 1. The van der Waals surface area contributed by atoms with Crippen molar-refractivity contribution in [2.45, 2.75) is 45.1 Å². The standard InChI is InChI=1S/C19H24N4/c1-14-20-18-10-6-5-9-17(18)19(21-14)22-15-11-12-23(13-15)16-7-3-2-4-8-16/h2-4,7-8,15H,5-6,9-13H2,1H3,(H,20,21,22). The van der Waals surface area contributed by atoms with E-state index in [1.165, 1.54) is 29.8 Å². The van der Waals surface area contributed by atoms with E-state index in [-0.39, 0.29) is 0 Å². The molecule has 2 aliphatic rings. The number of anilines is 2. The van der Waals surface area contributed by atoms with Crippen LogP contribution in [-0.2, 0) is 12.8 Å². The fourth-order valence-corrected chi connectivity index (χ4v) is 3.78. The van der Waals surface area contributed by atoms with Crippen LogP contribution in [-0.4, -0.2) is 29.1 Å². The van der Waals surface area contributed by atoms with E-state index < -0.39 is 0 Å². The molecule has 2 heterocycles. The average molecular weight is 308 g/mol. The Hall–Kier alpha value is -2.10. The Bertz CT molecular complexity index is 683. The molecule has 0 spiro atoms. The van der Waals surface area contributed by atoms with Crippen molar-refractivity contribution < 1.29 is 0 Å². The van der Waals surface area contributed by atoms with Gasteiger partial charge in [0.1, 0.15) is 11.6 Å². The number of hydrogen-bond acceptors (Lipinski definition) is 4. The number of aromatic nitrogens is 2. The number of rotatable bonds is 3. The zero-order valence-corrected chi connectivity index (χ0v) is 13.8. The molecule has 1 N–H and O–H groups in total. The van der Waals surface area contributed by atoms with Crippen molar-refractivity contribution in [1.29, 1.82) is 0 Å². The third-order valence-corrected chi connectivity index (χ3v) is 4.95. The summed E-state index contributed by atoms with van der Waals surface area (Å²) < 4.78 is 0. The van der Waals surface area contributed by atoms with Crippen LogP contribution < -0.4 is 10.2 Å². The second-order valence-electron chi connectivity index (χ2n) is 6.66. The van der Waals surface area contributed by atoms with E-state index in [1.807, 2.05) is 6.92 Å². The van der Waals surface area contributed by atoms with E-state index in [4.69, 9.17) is 4.98 Å². The van der Waals surface area contributed by atoms with Gasteiger partial charge in [-0.05, 0) is 51.2 Å². The van der Waals surface area contributed by atoms with Crippen LogP contribution in [0.3, 0.4) is 0 Å². The van der Waals surface area contributed by atoms with Crippen molar-refractivity contribution in [3.8, 4) is 0 Å². The lowest BCUT2D eigenvalue weighted by molar-refractivity contribution is 0.656. The third-order valence-electron chi connectivity index (χ3n) is 4.95. The first kappa shape index (κ1) is 14.5. The molecule has 0 saturated carbocycles. The maximum atomic E-state index is 4.71. The predicted molar refractivity (Wildman–Crippen MR) is 94.1 cm³/mol. The largest absolute Gasteiger partial charge is 0.369 e. The lowest BCUT2D eigenvalue weighted by atomic mass is 9.96. The summed E-state index contributed by atoms with van der Waals surface area (Å²) in [4.78, 5) is 11.8. The van der Waals surface area contributed by atoms with Crippen LogP contribution >= 0.6 is 0 Å². The predicted octanol–water partition coefficient (Wildman–Crippen LogP) is 3.35. The molecule has 1 aromatic heterocycles. The van der Waals surface area contributed by atoms with Gasteiger partial charge in [-0.1, -0.05) is 18.2 Å². The molecule has 1 aliphatic carbocycles. The van der Waals surface area contributed by atoms with Crippen molar-refractivity contribution in [3.63, 3.8) is 0 Å². The highest BCUT2D eigenvalue weighted by molar-refractivity contribution is 5.51. The summed E-state index contributed by atoms with van der Waals surface area (Å²) in [5.74, 6) is 1.98. The lowest BCUT2D eigenvalue weighted by Gasteiger charge is -2.22. The number of nitrogens with zero attached hydrogens (tertiary/aromatic N) is 3. The Morgan fingerprint density at radius 2 is 1.91 bits per heavy atom. The first-order valence-corrected chi connectivity index (χ1v) is 8.72. The molecule has 120 valence electrons. The normalized spacial score (nSPS) is 20.4. The molecule has 4 rings (SSSR count). The van der Waals surface area contributed by atoms with Crippen LogP contribution in [0.2, 0.25) is 0 Å². The molecule has 4 heteroatoms. The summed E-state index contributed by atoms with van der Waals surface area (Å²) in [6.45, 7) is 4.15. The van der Waals surface area contributed by atoms with Gasteiger partial charge >= 0.3 is 0 Å². The lowest BCUT2D eigenvalue weighted by Crippen LogP contribution is -2.27. The molecule has 2 aromatic rings. The molecule has 1 aliphatic heterocycles. The SMILES string of the molecule is Cc1nc2c(c(NC3CCN(c4ccccc4)C3)n1)CCCC2. The van der Waals surface area contributed by atoms with Crippen molar-refractivity contribution in [3.05, 3.63) is 47.4 Å². The van der Waals surface area contributed by atoms with Crippen LogP contribution in [0.1, 0.15) is 36.3 Å². The van der Waals surface area contributed by atoms with E-state index in [1.54, 1.807) is 0 Å². The van der Waals surface area contributed by atoms with Gasteiger partial charge in [0.25, 0.3) is 0 Å². The molecule has 0 radical (unpaired) electrons. The van der Waals surface area contributed by atoms with Crippen LogP contribution in [0, 0.1) is 6.92 Å². The van der Waals surface area contributed by atoms with Gasteiger partial charge in [0.2, 0.25) is 0 Å². The van der Waals surface area contributed by atoms with Gasteiger partial charge in [-0.25, -0.2) is 9.97 Å². The Morgan fingerprint density at radius 1 is 1.09 bits per heavy atom. The number of nitrogens with one attached hydrogen (secondary N) is 1. The highest BCUT2D eigenvalue weighted by Crippen LogP contribution is 2.28. The Kier molecular flexibility index (Phi) is 3.90. The summed E-state index contributed by atoms with van der Waals surface area (Å²) in [5.41, 5.74) is 3.95. The van der Waals surface area contributed by atoms with Gasteiger partial charge in [-0.15, -0.1) is 0 Å². The van der Waals surface area contributed by atoms with Gasteiger partial charge in [0, 0.05) is 36.1 Å². The molecular formula is C19H24N4. The smallest absolute Gasteiger partial charge is 0.133 e. The van der Waals surface area contributed by atoms with Gasteiger partial charge in [0.15, 0.2) is 0 Å². The van der Waals surface area contributed by atoms with Crippen molar-refractivity contribution in [2.75, 3.05) is 23.3 Å². The van der Waals surface area contributed by atoms with Gasteiger partial charge < -0.3 is 10.2 Å². The fourth-order valence-electron chi connectivity index (χ4n) is 3.78. The fraction of sp³-hybridized carbons (Fsp3) is 0.474. The summed E-state index contributed by atoms with van der Waals surface area (Å²) in [5, 5.41) is 3.72. The molecule has 1 aromatic carbocycles. The highest BCUT2D eigenvalue weighted by atomic mass is 15.2. The zero-order chi connectivity index (χ0) is 15.6. The number of fused-ring (bicyclic) bond motifs is 1. The van der Waals surface area contributed by atoms with Crippen LogP contribution in [0.15, 0.2) is 30.3 Å². The minimum absolute atomic E-state index is 0.468. The van der Waals surface area contributed by atoms with E-state index in [0.717, 1.165) is 44.0 Å². The summed E-state index contributed by atoms with van der Waals surface area (Å²) in [6.07, 6.45) is 5.90. The maximum absolute atomic E-state index is 4.71. The van der Waals surface area contributed by atoms with E-state index in [9.17, 15) is 0 Å². The molecule has 0 amide bonds. The molecule has 1 atom stereocenters. The van der Waals surface area contributed by atoms with E-state index in [0.29, 0.717) is 6.04 Å². The monoisotopic (exact) mass is 308 g/mol. The van der Waals surface area contributed by atoms with Gasteiger partial charge in [-0.3, -0.25) is 0 Å². The van der Waals surface area contributed by atoms with E-state index >= 15 is 0 Å². The molecule has 0 bridgehead atoms. The maximum Gasteiger partial charge on any atom is 0.133 e. The molecule has 4 nitrogen and oxygen atoms in total. The Morgan fingerprint density at radius 3 is 2.78 bits per heavy atom. The van der Waals surface area contributed by atoms with Crippen molar-refractivity contribution in [2.24, 2.45) is 0 Å². The molecule has 1 fully saturated rings.